The number of carboxylic acids is 1. The molecule has 18 heavy (non-hydrogen) atoms. The zero-order valence-electron chi connectivity index (χ0n) is 9.70. The molecule has 1 amide bonds. The number of ether oxygens (including phenoxy) is 1. The molecule has 1 saturated heterocycles. The van der Waals surface area contributed by atoms with Crippen molar-refractivity contribution in [2.75, 3.05) is 13.2 Å². The van der Waals surface area contributed by atoms with Crippen molar-refractivity contribution >= 4 is 18.1 Å². The summed E-state index contributed by atoms with van der Waals surface area (Å²) in [5, 5.41) is 8.62. The van der Waals surface area contributed by atoms with Gasteiger partial charge >= 0.3 is 12.1 Å². The van der Waals surface area contributed by atoms with E-state index in [9.17, 15) is 9.59 Å². The van der Waals surface area contributed by atoms with Crippen LogP contribution >= 0.6 is 0 Å². The summed E-state index contributed by atoms with van der Waals surface area (Å²) < 4.78 is 4.85. The number of carbonyl (C=O) groups is 2. The van der Waals surface area contributed by atoms with Gasteiger partial charge < -0.3 is 14.7 Å². The summed E-state index contributed by atoms with van der Waals surface area (Å²) in [7, 11) is 0. The third kappa shape index (κ3) is 2.88. The minimum Gasteiger partial charge on any atom is -0.478 e. The predicted molar refractivity (Wildman–Crippen MR) is 64.9 cm³/mol. The van der Waals surface area contributed by atoms with Crippen molar-refractivity contribution in [3.8, 4) is 0 Å². The molecular weight excluding hydrogens is 234 g/mol. The van der Waals surface area contributed by atoms with Gasteiger partial charge in [-0.2, -0.15) is 0 Å². The third-order valence-corrected chi connectivity index (χ3v) is 2.67. The number of carboxylic acid groups (broad SMARTS) is 1. The standard InChI is InChI=1S/C13H13NO4/c15-12(16)6-5-10-3-1-2-4-11(10)9-14-7-8-18-13(14)17/h1-6H,7-9H2,(H,15,16)/b6-5+. The number of amides is 1. The number of nitrogens with zero attached hydrogens (tertiary/aromatic N) is 1. The molecule has 0 spiro atoms. The van der Waals surface area contributed by atoms with Gasteiger partial charge in [-0.25, -0.2) is 9.59 Å². The molecule has 1 aliphatic rings. The van der Waals surface area contributed by atoms with E-state index in [1.54, 1.807) is 4.90 Å². The Morgan fingerprint density at radius 2 is 2.22 bits per heavy atom. The minimum atomic E-state index is -0.995. The summed E-state index contributed by atoms with van der Waals surface area (Å²) in [6.07, 6.45) is 2.28. The maximum Gasteiger partial charge on any atom is 0.410 e. The van der Waals surface area contributed by atoms with Crippen LogP contribution in [0, 0.1) is 0 Å². The van der Waals surface area contributed by atoms with Crippen LogP contribution in [0.4, 0.5) is 4.79 Å². The highest BCUT2D eigenvalue weighted by molar-refractivity contribution is 5.85. The van der Waals surface area contributed by atoms with E-state index in [1.807, 2.05) is 24.3 Å². The molecule has 1 aromatic carbocycles. The van der Waals surface area contributed by atoms with Gasteiger partial charge in [0.15, 0.2) is 0 Å². The smallest absolute Gasteiger partial charge is 0.410 e. The highest BCUT2D eigenvalue weighted by Crippen LogP contribution is 2.16. The van der Waals surface area contributed by atoms with Crippen molar-refractivity contribution in [3.63, 3.8) is 0 Å². The molecule has 0 aromatic heterocycles. The van der Waals surface area contributed by atoms with Gasteiger partial charge in [-0.15, -0.1) is 0 Å². The van der Waals surface area contributed by atoms with E-state index >= 15 is 0 Å². The van der Waals surface area contributed by atoms with Crippen LogP contribution in [-0.4, -0.2) is 35.2 Å². The summed E-state index contributed by atoms with van der Waals surface area (Å²) in [6, 6.07) is 7.37. The number of rotatable bonds is 4. The average molecular weight is 247 g/mol. The first-order chi connectivity index (χ1) is 8.66. The number of hydrogen-bond donors (Lipinski definition) is 1. The summed E-state index contributed by atoms with van der Waals surface area (Å²) in [6.45, 7) is 1.40. The van der Waals surface area contributed by atoms with Gasteiger partial charge in [-0.05, 0) is 17.2 Å². The fourth-order valence-electron chi connectivity index (χ4n) is 1.78. The van der Waals surface area contributed by atoms with Gasteiger partial charge in [0.1, 0.15) is 6.61 Å². The molecule has 94 valence electrons. The molecule has 0 saturated carbocycles. The molecule has 0 atom stereocenters. The minimum absolute atomic E-state index is 0.327. The second-order valence-electron chi connectivity index (χ2n) is 3.91. The Kier molecular flexibility index (Phi) is 3.62. The van der Waals surface area contributed by atoms with Crippen molar-refractivity contribution in [2.24, 2.45) is 0 Å². The van der Waals surface area contributed by atoms with E-state index in [0.29, 0.717) is 19.7 Å². The van der Waals surface area contributed by atoms with Gasteiger partial charge in [0, 0.05) is 12.6 Å². The normalized spacial score (nSPS) is 15.1. The van der Waals surface area contributed by atoms with E-state index in [1.165, 1.54) is 6.08 Å². The highest BCUT2D eigenvalue weighted by atomic mass is 16.6. The molecule has 5 heteroatoms. The predicted octanol–water partition coefficient (Wildman–Crippen LogP) is 1.74. The van der Waals surface area contributed by atoms with Crippen LogP contribution in [-0.2, 0) is 16.1 Å². The van der Waals surface area contributed by atoms with Crippen LogP contribution in [0.2, 0.25) is 0 Å². The van der Waals surface area contributed by atoms with Gasteiger partial charge in [-0.1, -0.05) is 24.3 Å². The maximum atomic E-state index is 11.3. The Bertz CT molecular complexity index is 496. The van der Waals surface area contributed by atoms with E-state index in [-0.39, 0.29) is 6.09 Å². The first-order valence-corrected chi connectivity index (χ1v) is 5.57. The van der Waals surface area contributed by atoms with Gasteiger partial charge in [-0.3, -0.25) is 0 Å². The Morgan fingerprint density at radius 3 is 2.89 bits per heavy atom. The highest BCUT2D eigenvalue weighted by Gasteiger charge is 2.22. The lowest BCUT2D eigenvalue weighted by Gasteiger charge is -2.14. The lowest BCUT2D eigenvalue weighted by molar-refractivity contribution is -0.131. The molecule has 1 fully saturated rings. The van der Waals surface area contributed by atoms with Gasteiger partial charge in [0.05, 0.1) is 6.54 Å². The van der Waals surface area contributed by atoms with Crippen molar-refractivity contribution in [2.45, 2.75) is 6.54 Å². The Labute approximate surface area is 104 Å². The number of cyclic esters (lactones) is 1. The van der Waals surface area contributed by atoms with E-state index in [4.69, 9.17) is 9.84 Å². The molecule has 0 unspecified atom stereocenters. The number of benzene rings is 1. The quantitative estimate of drug-likeness (QED) is 0.823. The fourth-order valence-corrected chi connectivity index (χ4v) is 1.78. The molecule has 1 N–H and O–H groups in total. The fraction of sp³-hybridized carbons (Fsp3) is 0.231. The zero-order chi connectivity index (χ0) is 13.0. The first-order valence-electron chi connectivity index (χ1n) is 5.57. The molecule has 1 heterocycles. The lowest BCUT2D eigenvalue weighted by atomic mass is 10.1. The summed E-state index contributed by atoms with van der Waals surface area (Å²) in [5.41, 5.74) is 1.69. The Balaban J connectivity index is 2.16. The van der Waals surface area contributed by atoms with Crippen LogP contribution < -0.4 is 0 Å². The van der Waals surface area contributed by atoms with Crippen LogP contribution in [0.1, 0.15) is 11.1 Å². The van der Waals surface area contributed by atoms with E-state index in [0.717, 1.165) is 17.2 Å². The Hall–Kier alpha value is -2.30. The van der Waals surface area contributed by atoms with Crippen molar-refractivity contribution < 1.29 is 19.4 Å². The molecular formula is C13H13NO4. The lowest BCUT2D eigenvalue weighted by Crippen LogP contribution is -2.23. The molecule has 2 rings (SSSR count). The van der Waals surface area contributed by atoms with Crippen LogP contribution in [0.25, 0.3) is 6.08 Å². The maximum absolute atomic E-state index is 11.3. The largest absolute Gasteiger partial charge is 0.478 e. The Morgan fingerprint density at radius 1 is 1.44 bits per heavy atom. The van der Waals surface area contributed by atoms with Gasteiger partial charge in [0.25, 0.3) is 0 Å². The van der Waals surface area contributed by atoms with E-state index in [2.05, 4.69) is 0 Å². The molecule has 5 nitrogen and oxygen atoms in total. The molecule has 1 aliphatic heterocycles. The summed E-state index contributed by atoms with van der Waals surface area (Å²) >= 11 is 0. The molecule has 0 radical (unpaired) electrons. The number of carbonyl (C=O) groups excluding carboxylic acids is 1. The molecule has 0 bridgehead atoms. The van der Waals surface area contributed by atoms with Crippen LogP contribution in [0.3, 0.4) is 0 Å². The van der Waals surface area contributed by atoms with Crippen molar-refractivity contribution in [1.82, 2.24) is 4.90 Å². The van der Waals surface area contributed by atoms with Crippen molar-refractivity contribution in [3.05, 3.63) is 41.5 Å². The topological polar surface area (TPSA) is 66.8 Å². The third-order valence-electron chi connectivity index (χ3n) is 2.67. The van der Waals surface area contributed by atoms with Gasteiger partial charge in [0.2, 0.25) is 0 Å². The first kappa shape index (κ1) is 12.2. The second kappa shape index (κ2) is 5.35. The average Bonchev–Trinajstić information content (AvgIpc) is 2.74. The second-order valence-corrected chi connectivity index (χ2v) is 3.91. The number of aliphatic carboxylic acids is 1. The van der Waals surface area contributed by atoms with E-state index < -0.39 is 5.97 Å². The summed E-state index contributed by atoms with van der Waals surface area (Å²) in [4.78, 5) is 23.4. The summed E-state index contributed by atoms with van der Waals surface area (Å²) in [5.74, 6) is -0.995. The SMILES string of the molecule is O=C(O)/C=C/c1ccccc1CN1CCOC1=O. The van der Waals surface area contributed by atoms with Crippen LogP contribution in [0.5, 0.6) is 0 Å². The van der Waals surface area contributed by atoms with Crippen LogP contribution in [0.15, 0.2) is 30.3 Å². The van der Waals surface area contributed by atoms with Crippen molar-refractivity contribution in [1.29, 1.82) is 0 Å². The number of hydrogen-bond acceptors (Lipinski definition) is 3. The monoisotopic (exact) mass is 247 g/mol. The zero-order valence-corrected chi connectivity index (χ0v) is 9.70. The molecule has 0 aliphatic carbocycles. The molecule has 1 aromatic rings.